The highest BCUT2D eigenvalue weighted by molar-refractivity contribution is 4.75. The van der Waals surface area contributed by atoms with Crippen molar-refractivity contribution in [2.75, 3.05) is 0 Å². The Labute approximate surface area is 67.8 Å². The molecule has 0 amide bonds. The van der Waals surface area contributed by atoms with Crippen LogP contribution in [0.1, 0.15) is 26.2 Å². The minimum Gasteiger partial charge on any atom is -0.241 e. The smallest absolute Gasteiger partial charge is 0.241 e. The summed E-state index contributed by atoms with van der Waals surface area (Å²) < 4.78 is 60.3. The van der Waals surface area contributed by atoms with Gasteiger partial charge in [0.05, 0.1) is 0 Å². The van der Waals surface area contributed by atoms with Gasteiger partial charge in [-0.2, -0.15) is 0 Å². The third kappa shape index (κ3) is 3.88. The molecule has 0 radical (unpaired) electrons. The van der Waals surface area contributed by atoms with Crippen molar-refractivity contribution in [2.45, 2.75) is 44.7 Å². The zero-order valence-corrected chi connectivity index (χ0v) is 6.67. The Morgan fingerprint density at radius 3 is 2.00 bits per heavy atom. The number of hydrogen-bond acceptors (Lipinski definition) is 0. The summed E-state index contributed by atoms with van der Waals surface area (Å²) in [6.45, 7) is 1.25. The first kappa shape index (κ1) is 11.6. The minimum atomic E-state index is -3.61. The summed E-state index contributed by atoms with van der Waals surface area (Å²) in [6, 6.07) is 0. The van der Waals surface area contributed by atoms with Gasteiger partial charge in [0.25, 0.3) is 5.92 Å². The summed E-state index contributed by atoms with van der Waals surface area (Å²) in [4.78, 5) is 0. The molecule has 0 unspecified atom stereocenters. The monoisotopic (exact) mass is 190 g/mol. The van der Waals surface area contributed by atoms with Gasteiger partial charge in [0, 0.05) is 12.8 Å². The van der Waals surface area contributed by atoms with E-state index in [9.17, 15) is 22.0 Å². The molecular formula is C7H11F5. The quantitative estimate of drug-likeness (QED) is 0.582. The van der Waals surface area contributed by atoms with Crippen LogP contribution in [0.25, 0.3) is 0 Å². The summed E-state index contributed by atoms with van der Waals surface area (Å²) in [5, 5.41) is 0. The summed E-state index contributed by atoms with van der Waals surface area (Å²) in [5.74, 6) is -3.61. The molecule has 0 nitrogen and oxygen atoms in total. The molecule has 0 fully saturated rings. The standard InChI is InChI=1S/C7H11F5/c1-2-5(8)7(11,12)4-3-6(9)10/h5-6H,2-4H2,1H3/t5-/m0/s1. The van der Waals surface area contributed by atoms with Crippen molar-refractivity contribution in [1.82, 2.24) is 0 Å². The predicted molar refractivity (Wildman–Crippen MR) is 35.4 cm³/mol. The summed E-state index contributed by atoms with van der Waals surface area (Å²) in [6.07, 6.45) is -7.49. The molecule has 74 valence electrons. The van der Waals surface area contributed by atoms with Crippen LogP contribution in [0.5, 0.6) is 0 Å². The van der Waals surface area contributed by atoms with E-state index in [4.69, 9.17) is 0 Å². The van der Waals surface area contributed by atoms with E-state index in [0.717, 1.165) is 0 Å². The molecule has 0 spiro atoms. The maximum atomic E-state index is 12.5. The van der Waals surface area contributed by atoms with E-state index in [1.807, 2.05) is 0 Å². The van der Waals surface area contributed by atoms with Crippen molar-refractivity contribution >= 4 is 0 Å². The first-order valence-corrected chi connectivity index (χ1v) is 3.70. The van der Waals surface area contributed by atoms with Crippen molar-refractivity contribution in [1.29, 1.82) is 0 Å². The van der Waals surface area contributed by atoms with Crippen molar-refractivity contribution in [3.8, 4) is 0 Å². The van der Waals surface area contributed by atoms with Gasteiger partial charge in [0.1, 0.15) is 0 Å². The molecule has 1 atom stereocenters. The second-order valence-electron chi connectivity index (χ2n) is 2.57. The topological polar surface area (TPSA) is 0 Å². The maximum absolute atomic E-state index is 12.5. The fraction of sp³-hybridized carbons (Fsp3) is 1.00. The van der Waals surface area contributed by atoms with Crippen molar-refractivity contribution < 1.29 is 22.0 Å². The molecule has 0 saturated carbocycles. The molecule has 0 rings (SSSR count). The minimum absolute atomic E-state index is 0.351. The highest BCUT2D eigenvalue weighted by Crippen LogP contribution is 2.29. The Morgan fingerprint density at radius 2 is 1.67 bits per heavy atom. The molecule has 0 aliphatic rings. The normalized spacial score (nSPS) is 15.2. The van der Waals surface area contributed by atoms with Crippen LogP contribution < -0.4 is 0 Å². The van der Waals surface area contributed by atoms with Crippen LogP contribution in [0.2, 0.25) is 0 Å². The Morgan fingerprint density at radius 1 is 1.17 bits per heavy atom. The fourth-order valence-corrected chi connectivity index (χ4v) is 0.757. The van der Waals surface area contributed by atoms with Crippen LogP contribution in [-0.4, -0.2) is 18.5 Å². The molecule has 0 saturated heterocycles. The third-order valence-electron chi connectivity index (χ3n) is 1.51. The highest BCUT2D eigenvalue weighted by atomic mass is 19.3. The second kappa shape index (κ2) is 4.62. The van der Waals surface area contributed by atoms with Gasteiger partial charge in [-0.3, -0.25) is 0 Å². The summed E-state index contributed by atoms with van der Waals surface area (Å²) in [5.41, 5.74) is 0. The molecule has 0 aliphatic heterocycles. The molecule has 0 aliphatic carbocycles. The fourth-order valence-electron chi connectivity index (χ4n) is 0.757. The number of halogens is 5. The van der Waals surface area contributed by atoms with Crippen LogP contribution in [0.15, 0.2) is 0 Å². The van der Waals surface area contributed by atoms with Crippen LogP contribution in [0.4, 0.5) is 22.0 Å². The van der Waals surface area contributed by atoms with Gasteiger partial charge in [0.2, 0.25) is 6.43 Å². The van der Waals surface area contributed by atoms with Crippen LogP contribution in [0, 0.1) is 0 Å². The van der Waals surface area contributed by atoms with E-state index in [-0.39, 0.29) is 6.42 Å². The van der Waals surface area contributed by atoms with Crippen molar-refractivity contribution in [3.63, 3.8) is 0 Å². The van der Waals surface area contributed by atoms with E-state index in [2.05, 4.69) is 0 Å². The summed E-state index contributed by atoms with van der Waals surface area (Å²) in [7, 11) is 0. The highest BCUT2D eigenvalue weighted by Gasteiger charge is 2.38. The maximum Gasteiger partial charge on any atom is 0.278 e. The molecule has 0 N–H and O–H groups in total. The average Bonchev–Trinajstić information content (AvgIpc) is 1.99. The molecule has 0 aromatic heterocycles. The van der Waals surface area contributed by atoms with Crippen LogP contribution in [0.3, 0.4) is 0 Å². The van der Waals surface area contributed by atoms with Gasteiger partial charge >= 0.3 is 0 Å². The Bertz CT molecular complexity index is 123. The lowest BCUT2D eigenvalue weighted by atomic mass is 10.1. The largest absolute Gasteiger partial charge is 0.278 e. The molecule has 5 heteroatoms. The number of alkyl halides is 5. The molecule has 0 aromatic carbocycles. The van der Waals surface area contributed by atoms with Crippen LogP contribution >= 0.6 is 0 Å². The van der Waals surface area contributed by atoms with E-state index in [1.165, 1.54) is 6.92 Å². The lowest BCUT2D eigenvalue weighted by molar-refractivity contribution is -0.0882. The van der Waals surface area contributed by atoms with Gasteiger partial charge in [-0.25, -0.2) is 22.0 Å². The zero-order valence-electron chi connectivity index (χ0n) is 6.67. The van der Waals surface area contributed by atoms with Gasteiger partial charge in [-0.05, 0) is 6.42 Å². The average molecular weight is 190 g/mol. The van der Waals surface area contributed by atoms with Gasteiger partial charge in [-0.1, -0.05) is 6.92 Å². The van der Waals surface area contributed by atoms with Gasteiger partial charge in [-0.15, -0.1) is 0 Å². The zero-order chi connectivity index (χ0) is 9.78. The van der Waals surface area contributed by atoms with Gasteiger partial charge < -0.3 is 0 Å². The third-order valence-corrected chi connectivity index (χ3v) is 1.51. The SMILES string of the molecule is CC[C@H](F)C(F)(F)CCC(F)F. The Balaban J connectivity index is 3.86. The van der Waals surface area contributed by atoms with E-state index in [0.29, 0.717) is 0 Å². The second-order valence-corrected chi connectivity index (χ2v) is 2.57. The Hall–Kier alpha value is -0.350. The van der Waals surface area contributed by atoms with Crippen molar-refractivity contribution in [2.24, 2.45) is 0 Å². The lowest BCUT2D eigenvalue weighted by Gasteiger charge is -2.18. The van der Waals surface area contributed by atoms with Gasteiger partial charge in [0.15, 0.2) is 6.17 Å². The van der Waals surface area contributed by atoms with Crippen LogP contribution in [-0.2, 0) is 0 Å². The number of rotatable bonds is 5. The Kier molecular flexibility index (Phi) is 4.49. The summed E-state index contributed by atoms with van der Waals surface area (Å²) >= 11 is 0. The molecule has 0 bridgehead atoms. The first-order chi connectivity index (χ1) is 5.40. The van der Waals surface area contributed by atoms with E-state index in [1.54, 1.807) is 0 Å². The number of hydrogen-bond donors (Lipinski definition) is 0. The lowest BCUT2D eigenvalue weighted by Crippen LogP contribution is -2.29. The predicted octanol–water partition coefficient (Wildman–Crippen LogP) is 3.42. The molecule has 0 aromatic rings. The van der Waals surface area contributed by atoms with E-state index < -0.39 is 31.4 Å². The molecular weight excluding hydrogens is 179 g/mol. The van der Waals surface area contributed by atoms with E-state index >= 15 is 0 Å². The first-order valence-electron chi connectivity index (χ1n) is 3.70. The molecule has 0 heterocycles. The van der Waals surface area contributed by atoms with Crippen molar-refractivity contribution in [3.05, 3.63) is 0 Å². The molecule has 12 heavy (non-hydrogen) atoms.